The summed E-state index contributed by atoms with van der Waals surface area (Å²) >= 11 is 3.26. The van der Waals surface area contributed by atoms with Crippen molar-refractivity contribution in [1.29, 1.82) is 0 Å². The van der Waals surface area contributed by atoms with Crippen molar-refractivity contribution in [3.8, 4) is 0 Å². The second-order valence-corrected chi connectivity index (χ2v) is 4.15. The fourth-order valence-corrected chi connectivity index (χ4v) is 1.76. The molecule has 2 heterocycles. The number of carbonyl (C=O) groups is 1. The average molecular weight is 297 g/mol. The van der Waals surface area contributed by atoms with Gasteiger partial charge in [0.1, 0.15) is 11.6 Å². The lowest BCUT2D eigenvalue weighted by Gasteiger charge is -2.06. The number of hydrogen-bond donors (Lipinski definition) is 2. The predicted octanol–water partition coefficient (Wildman–Crippen LogP) is 2.75. The minimum absolute atomic E-state index is 0.139. The lowest BCUT2D eigenvalue weighted by molar-refractivity contribution is 0.0696. The Morgan fingerprint density at radius 1 is 1.59 bits per heavy atom. The van der Waals surface area contributed by atoms with Crippen LogP contribution in [0.2, 0.25) is 0 Å². The van der Waals surface area contributed by atoms with Gasteiger partial charge in [0, 0.05) is 6.20 Å². The Labute approximate surface area is 106 Å². The van der Waals surface area contributed by atoms with Crippen molar-refractivity contribution in [2.75, 3.05) is 5.32 Å². The van der Waals surface area contributed by atoms with Crippen LogP contribution in [0, 0.1) is 0 Å². The van der Waals surface area contributed by atoms with Gasteiger partial charge in [0.05, 0.1) is 22.8 Å². The third kappa shape index (κ3) is 2.85. The van der Waals surface area contributed by atoms with E-state index in [0.717, 1.165) is 5.76 Å². The number of pyridine rings is 1. The van der Waals surface area contributed by atoms with E-state index in [-0.39, 0.29) is 5.56 Å². The molecule has 0 bridgehead atoms. The maximum atomic E-state index is 10.7. The van der Waals surface area contributed by atoms with Gasteiger partial charge in [-0.2, -0.15) is 0 Å². The molecule has 0 saturated heterocycles. The topological polar surface area (TPSA) is 75.4 Å². The van der Waals surface area contributed by atoms with Crippen LogP contribution in [0.25, 0.3) is 0 Å². The summed E-state index contributed by atoms with van der Waals surface area (Å²) in [7, 11) is 0. The van der Waals surface area contributed by atoms with E-state index >= 15 is 0 Å². The number of aromatic nitrogens is 1. The molecule has 2 aromatic rings. The smallest absolute Gasteiger partial charge is 0.337 e. The lowest BCUT2D eigenvalue weighted by Crippen LogP contribution is -2.03. The van der Waals surface area contributed by atoms with E-state index in [1.165, 1.54) is 12.3 Å². The standard InChI is InChI=1S/C11H9BrN2O3/c12-9-4-7(11(15)16)5-13-10(9)14-6-8-2-1-3-17-8/h1-5H,6H2,(H,13,14)(H,15,16). The number of halogens is 1. The minimum Gasteiger partial charge on any atom is -0.478 e. The molecule has 0 aromatic carbocycles. The van der Waals surface area contributed by atoms with Crippen LogP contribution in [0.15, 0.2) is 39.5 Å². The van der Waals surface area contributed by atoms with Crippen molar-refractivity contribution in [2.24, 2.45) is 0 Å². The van der Waals surface area contributed by atoms with Gasteiger partial charge in [-0.1, -0.05) is 0 Å². The van der Waals surface area contributed by atoms with Gasteiger partial charge in [-0.15, -0.1) is 0 Å². The molecule has 88 valence electrons. The van der Waals surface area contributed by atoms with Crippen LogP contribution in [0.4, 0.5) is 5.82 Å². The van der Waals surface area contributed by atoms with Crippen LogP contribution in [-0.2, 0) is 6.54 Å². The maximum Gasteiger partial charge on any atom is 0.337 e. The van der Waals surface area contributed by atoms with Crippen LogP contribution in [0.3, 0.4) is 0 Å². The second kappa shape index (κ2) is 5.01. The number of furan rings is 1. The van der Waals surface area contributed by atoms with Crippen LogP contribution < -0.4 is 5.32 Å². The summed E-state index contributed by atoms with van der Waals surface area (Å²) in [5.41, 5.74) is 0.139. The molecule has 0 spiro atoms. The van der Waals surface area contributed by atoms with E-state index in [0.29, 0.717) is 16.8 Å². The maximum absolute atomic E-state index is 10.7. The predicted molar refractivity (Wildman–Crippen MR) is 64.9 cm³/mol. The highest BCUT2D eigenvalue weighted by molar-refractivity contribution is 9.10. The first-order chi connectivity index (χ1) is 8.16. The molecule has 2 aromatic heterocycles. The molecule has 0 radical (unpaired) electrons. The molecule has 0 saturated carbocycles. The number of nitrogens with one attached hydrogen (secondary N) is 1. The van der Waals surface area contributed by atoms with Crippen molar-refractivity contribution < 1.29 is 14.3 Å². The van der Waals surface area contributed by atoms with Gasteiger partial charge in [-0.25, -0.2) is 9.78 Å². The number of hydrogen-bond acceptors (Lipinski definition) is 4. The van der Waals surface area contributed by atoms with Gasteiger partial charge < -0.3 is 14.8 Å². The fourth-order valence-electron chi connectivity index (χ4n) is 1.27. The van der Waals surface area contributed by atoms with E-state index in [1.807, 2.05) is 6.07 Å². The fraction of sp³-hybridized carbons (Fsp3) is 0.0909. The molecule has 0 aliphatic carbocycles. The summed E-state index contributed by atoms with van der Waals surface area (Å²) in [5.74, 6) is 0.350. The largest absolute Gasteiger partial charge is 0.478 e. The zero-order chi connectivity index (χ0) is 12.3. The van der Waals surface area contributed by atoms with Crippen molar-refractivity contribution in [1.82, 2.24) is 4.98 Å². The molecular formula is C11H9BrN2O3. The number of aromatic carboxylic acids is 1. The molecule has 6 heteroatoms. The van der Waals surface area contributed by atoms with Gasteiger partial charge in [-0.3, -0.25) is 0 Å². The number of carboxylic acid groups (broad SMARTS) is 1. The number of rotatable bonds is 4. The van der Waals surface area contributed by atoms with E-state index in [1.54, 1.807) is 12.3 Å². The molecule has 0 unspecified atom stereocenters. The Hall–Kier alpha value is -1.82. The number of nitrogens with zero attached hydrogens (tertiary/aromatic N) is 1. The molecule has 0 atom stereocenters. The van der Waals surface area contributed by atoms with E-state index in [4.69, 9.17) is 9.52 Å². The van der Waals surface area contributed by atoms with Crippen LogP contribution >= 0.6 is 15.9 Å². The molecule has 0 amide bonds. The van der Waals surface area contributed by atoms with Gasteiger partial charge in [0.15, 0.2) is 0 Å². The summed E-state index contributed by atoms with van der Waals surface area (Å²) in [4.78, 5) is 14.7. The SMILES string of the molecule is O=C(O)c1cnc(NCc2ccco2)c(Br)c1. The number of anilines is 1. The monoisotopic (exact) mass is 296 g/mol. The summed E-state index contributed by atoms with van der Waals surface area (Å²) < 4.78 is 5.76. The molecule has 0 aliphatic heterocycles. The third-order valence-corrected chi connectivity index (χ3v) is 2.70. The average Bonchev–Trinajstić information content (AvgIpc) is 2.80. The zero-order valence-electron chi connectivity index (χ0n) is 8.68. The molecule has 5 nitrogen and oxygen atoms in total. The molecular weight excluding hydrogens is 288 g/mol. The first kappa shape index (κ1) is 11.7. The highest BCUT2D eigenvalue weighted by atomic mass is 79.9. The van der Waals surface area contributed by atoms with Gasteiger partial charge in [-0.05, 0) is 34.1 Å². The Kier molecular flexibility index (Phi) is 3.43. The van der Waals surface area contributed by atoms with Crippen LogP contribution in [0.5, 0.6) is 0 Å². The summed E-state index contributed by atoms with van der Waals surface area (Å²) in [6.07, 6.45) is 2.89. The second-order valence-electron chi connectivity index (χ2n) is 3.29. The third-order valence-electron chi connectivity index (χ3n) is 2.10. The van der Waals surface area contributed by atoms with E-state index < -0.39 is 5.97 Å². The normalized spacial score (nSPS) is 10.2. The number of carboxylic acids is 1. The molecule has 17 heavy (non-hydrogen) atoms. The van der Waals surface area contributed by atoms with Crippen LogP contribution in [-0.4, -0.2) is 16.1 Å². The summed E-state index contributed by atoms with van der Waals surface area (Å²) in [6.45, 7) is 0.491. The molecule has 2 N–H and O–H groups in total. The van der Waals surface area contributed by atoms with Crippen molar-refractivity contribution in [3.05, 3.63) is 46.5 Å². The molecule has 0 fully saturated rings. The summed E-state index contributed by atoms with van der Waals surface area (Å²) in [6, 6.07) is 5.14. The van der Waals surface area contributed by atoms with Gasteiger partial charge in [0.25, 0.3) is 0 Å². The molecule has 2 rings (SSSR count). The highest BCUT2D eigenvalue weighted by Gasteiger charge is 2.08. The Balaban J connectivity index is 2.09. The van der Waals surface area contributed by atoms with E-state index in [2.05, 4.69) is 26.2 Å². The first-order valence-electron chi connectivity index (χ1n) is 4.82. The van der Waals surface area contributed by atoms with E-state index in [9.17, 15) is 4.79 Å². The first-order valence-corrected chi connectivity index (χ1v) is 5.61. The van der Waals surface area contributed by atoms with Gasteiger partial charge >= 0.3 is 5.97 Å². The lowest BCUT2D eigenvalue weighted by atomic mass is 10.3. The Morgan fingerprint density at radius 3 is 3.00 bits per heavy atom. The van der Waals surface area contributed by atoms with Gasteiger partial charge in [0.2, 0.25) is 0 Å². The van der Waals surface area contributed by atoms with Crippen molar-refractivity contribution >= 4 is 27.7 Å². The minimum atomic E-state index is -1.00. The van der Waals surface area contributed by atoms with Crippen molar-refractivity contribution in [3.63, 3.8) is 0 Å². The molecule has 0 aliphatic rings. The zero-order valence-corrected chi connectivity index (χ0v) is 10.3. The van der Waals surface area contributed by atoms with Crippen molar-refractivity contribution in [2.45, 2.75) is 6.54 Å². The summed E-state index contributed by atoms with van der Waals surface area (Å²) in [5, 5.41) is 11.8. The van der Waals surface area contributed by atoms with Crippen LogP contribution in [0.1, 0.15) is 16.1 Å². The Bertz CT molecular complexity index is 526. The quantitative estimate of drug-likeness (QED) is 0.907. The highest BCUT2D eigenvalue weighted by Crippen LogP contribution is 2.21. The Morgan fingerprint density at radius 2 is 2.41 bits per heavy atom.